The minimum absolute atomic E-state index is 0.192. The Labute approximate surface area is 173 Å². The summed E-state index contributed by atoms with van der Waals surface area (Å²) in [7, 11) is 0. The molecule has 0 aliphatic carbocycles. The Kier molecular flexibility index (Phi) is 6.49. The fraction of sp³-hybridized carbons (Fsp3) is 0.182. The second-order valence-corrected chi connectivity index (χ2v) is 7.84. The topological polar surface area (TPSA) is 55.4 Å². The van der Waals surface area contributed by atoms with Crippen molar-refractivity contribution >= 4 is 39.8 Å². The summed E-state index contributed by atoms with van der Waals surface area (Å²) < 4.78 is 5.26. The molecule has 0 bridgehead atoms. The number of rotatable bonds is 6. The number of hydrogen-bond donors (Lipinski definition) is 1. The number of amides is 1. The molecule has 6 heteroatoms. The van der Waals surface area contributed by atoms with E-state index in [0.717, 1.165) is 21.6 Å². The molecular weight excluding hydrogens is 394 g/mol. The largest absolute Gasteiger partial charge is 0.462 e. The molecule has 1 heterocycles. The molecule has 3 rings (SSSR count). The zero-order valence-electron chi connectivity index (χ0n) is 15.6. The molecule has 0 spiro atoms. The number of hydrogen-bond acceptors (Lipinski definition) is 4. The van der Waals surface area contributed by atoms with Gasteiger partial charge in [0, 0.05) is 15.5 Å². The Morgan fingerprint density at radius 2 is 1.75 bits per heavy atom. The van der Waals surface area contributed by atoms with E-state index in [1.165, 1.54) is 11.3 Å². The van der Waals surface area contributed by atoms with Gasteiger partial charge in [-0.25, -0.2) is 4.79 Å². The number of carbonyl (C=O) groups is 2. The summed E-state index contributed by atoms with van der Waals surface area (Å²) in [5.74, 6) is -0.638. The van der Waals surface area contributed by atoms with Crippen LogP contribution in [-0.2, 0) is 16.0 Å². The monoisotopic (exact) mass is 413 g/mol. The summed E-state index contributed by atoms with van der Waals surface area (Å²) in [5, 5.41) is 4.02. The summed E-state index contributed by atoms with van der Waals surface area (Å²) in [5.41, 5.74) is 2.96. The SMILES string of the molecule is CCOC(=O)c1c(NC(=O)Cc2ccc(Cl)cc2)sc(C)c1-c1ccccc1. The van der Waals surface area contributed by atoms with Crippen molar-refractivity contribution in [1.29, 1.82) is 0 Å². The Morgan fingerprint density at radius 3 is 2.39 bits per heavy atom. The van der Waals surface area contributed by atoms with Gasteiger partial charge in [-0.1, -0.05) is 54.1 Å². The second-order valence-electron chi connectivity index (χ2n) is 6.18. The fourth-order valence-electron chi connectivity index (χ4n) is 2.94. The van der Waals surface area contributed by atoms with E-state index in [0.29, 0.717) is 15.6 Å². The van der Waals surface area contributed by atoms with E-state index < -0.39 is 5.97 Å². The Hall–Kier alpha value is -2.63. The van der Waals surface area contributed by atoms with Gasteiger partial charge in [-0.3, -0.25) is 4.79 Å². The molecule has 0 saturated carbocycles. The highest BCUT2D eigenvalue weighted by Crippen LogP contribution is 2.40. The first-order valence-corrected chi connectivity index (χ1v) is 10.1. The van der Waals surface area contributed by atoms with Crippen molar-refractivity contribution < 1.29 is 14.3 Å². The number of nitrogens with one attached hydrogen (secondary N) is 1. The van der Waals surface area contributed by atoms with Gasteiger partial charge >= 0.3 is 5.97 Å². The molecule has 0 atom stereocenters. The number of anilines is 1. The summed E-state index contributed by atoms with van der Waals surface area (Å²) in [6, 6.07) is 16.7. The predicted molar refractivity (Wildman–Crippen MR) is 114 cm³/mol. The zero-order valence-corrected chi connectivity index (χ0v) is 17.2. The molecule has 1 N–H and O–H groups in total. The van der Waals surface area contributed by atoms with Crippen LogP contribution in [0.3, 0.4) is 0 Å². The third kappa shape index (κ3) is 4.61. The molecule has 144 valence electrons. The van der Waals surface area contributed by atoms with Crippen LogP contribution in [0, 0.1) is 6.92 Å². The van der Waals surface area contributed by atoms with E-state index in [9.17, 15) is 9.59 Å². The van der Waals surface area contributed by atoms with Gasteiger partial charge in [-0.05, 0) is 37.1 Å². The number of thiophene rings is 1. The number of carbonyl (C=O) groups excluding carboxylic acids is 2. The Balaban J connectivity index is 1.92. The molecule has 0 saturated heterocycles. The lowest BCUT2D eigenvalue weighted by Gasteiger charge is -2.09. The second kappa shape index (κ2) is 9.04. The molecule has 0 aliphatic heterocycles. The first kappa shape index (κ1) is 20.1. The van der Waals surface area contributed by atoms with Gasteiger partial charge in [0.1, 0.15) is 10.6 Å². The van der Waals surface area contributed by atoms with Crippen molar-refractivity contribution in [1.82, 2.24) is 0 Å². The molecule has 1 amide bonds. The van der Waals surface area contributed by atoms with E-state index >= 15 is 0 Å². The number of aryl methyl sites for hydroxylation is 1. The summed E-state index contributed by atoms with van der Waals surface area (Å²) in [4.78, 5) is 26.2. The number of halogens is 1. The average molecular weight is 414 g/mol. The molecular formula is C22H20ClNO3S. The Bertz CT molecular complexity index is 981. The molecule has 28 heavy (non-hydrogen) atoms. The number of esters is 1. The van der Waals surface area contributed by atoms with Gasteiger partial charge in [-0.2, -0.15) is 0 Å². The highest BCUT2D eigenvalue weighted by Gasteiger charge is 2.25. The van der Waals surface area contributed by atoms with Crippen LogP contribution in [0.25, 0.3) is 11.1 Å². The number of ether oxygens (including phenoxy) is 1. The molecule has 0 aliphatic rings. The lowest BCUT2D eigenvalue weighted by Crippen LogP contribution is -2.16. The maximum atomic E-state index is 12.7. The summed E-state index contributed by atoms with van der Waals surface area (Å²) >= 11 is 7.27. The molecule has 3 aromatic rings. The zero-order chi connectivity index (χ0) is 20.1. The van der Waals surface area contributed by atoms with E-state index in [4.69, 9.17) is 16.3 Å². The van der Waals surface area contributed by atoms with E-state index in [1.54, 1.807) is 19.1 Å². The van der Waals surface area contributed by atoms with Crippen molar-refractivity contribution in [2.24, 2.45) is 0 Å². The van der Waals surface area contributed by atoms with Gasteiger partial charge in [0.05, 0.1) is 13.0 Å². The van der Waals surface area contributed by atoms with Crippen LogP contribution >= 0.6 is 22.9 Å². The molecule has 0 unspecified atom stereocenters. The third-order valence-corrected chi connectivity index (χ3v) is 5.43. The molecule has 0 radical (unpaired) electrons. The average Bonchev–Trinajstić information content (AvgIpc) is 3.00. The lowest BCUT2D eigenvalue weighted by atomic mass is 10.0. The van der Waals surface area contributed by atoms with Gasteiger partial charge in [0.25, 0.3) is 0 Å². The maximum absolute atomic E-state index is 12.7. The fourth-order valence-corrected chi connectivity index (χ4v) is 4.15. The highest BCUT2D eigenvalue weighted by atomic mass is 35.5. The first-order valence-electron chi connectivity index (χ1n) is 8.89. The van der Waals surface area contributed by atoms with E-state index in [1.807, 2.05) is 49.4 Å². The maximum Gasteiger partial charge on any atom is 0.341 e. The summed E-state index contributed by atoms with van der Waals surface area (Å²) in [6.45, 7) is 3.96. The normalized spacial score (nSPS) is 10.5. The van der Waals surface area contributed by atoms with Crippen molar-refractivity contribution in [2.75, 3.05) is 11.9 Å². The smallest absolute Gasteiger partial charge is 0.341 e. The minimum Gasteiger partial charge on any atom is -0.462 e. The predicted octanol–water partition coefficient (Wildman–Crippen LogP) is 5.73. The van der Waals surface area contributed by atoms with Crippen LogP contribution in [0.2, 0.25) is 5.02 Å². The van der Waals surface area contributed by atoms with Gasteiger partial charge < -0.3 is 10.1 Å². The van der Waals surface area contributed by atoms with Crippen LogP contribution in [-0.4, -0.2) is 18.5 Å². The van der Waals surface area contributed by atoms with E-state index in [2.05, 4.69) is 5.32 Å². The van der Waals surface area contributed by atoms with Gasteiger partial charge in [0.2, 0.25) is 5.91 Å². The van der Waals surface area contributed by atoms with Gasteiger partial charge in [0.15, 0.2) is 0 Å². The highest BCUT2D eigenvalue weighted by molar-refractivity contribution is 7.17. The van der Waals surface area contributed by atoms with Crippen LogP contribution in [0.5, 0.6) is 0 Å². The summed E-state index contributed by atoms with van der Waals surface area (Å²) in [6.07, 6.45) is 0.192. The van der Waals surface area contributed by atoms with Crippen molar-refractivity contribution in [3.63, 3.8) is 0 Å². The van der Waals surface area contributed by atoms with Crippen molar-refractivity contribution in [3.8, 4) is 11.1 Å². The first-order chi connectivity index (χ1) is 13.5. The van der Waals surface area contributed by atoms with Gasteiger partial charge in [-0.15, -0.1) is 11.3 Å². The van der Waals surface area contributed by atoms with Crippen LogP contribution in [0.15, 0.2) is 54.6 Å². The lowest BCUT2D eigenvalue weighted by molar-refractivity contribution is -0.115. The van der Waals surface area contributed by atoms with Crippen LogP contribution in [0.4, 0.5) is 5.00 Å². The minimum atomic E-state index is -0.438. The standard InChI is InChI=1S/C22H20ClNO3S/c1-3-27-22(26)20-19(16-7-5-4-6-8-16)14(2)28-21(20)24-18(25)13-15-9-11-17(23)12-10-15/h4-12H,3,13H2,1-2H3,(H,24,25). The van der Waals surface area contributed by atoms with Crippen LogP contribution < -0.4 is 5.32 Å². The molecule has 1 aromatic heterocycles. The molecule has 0 fully saturated rings. The molecule has 4 nitrogen and oxygen atoms in total. The van der Waals surface area contributed by atoms with Crippen LogP contribution in [0.1, 0.15) is 27.7 Å². The molecule has 2 aromatic carbocycles. The number of benzene rings is 2. The Morgan fingerprint density at radius 1 is 1.07 bits per heavy atom. The quantitative estimate of drug-likeness (QED) is 0.524. The van der Waals surface area contributed by atoms with E-state index in [-0.39, 0.29) is 18.9 Å². The van der Waals surface area contributed by atoms with Crippen molar-refractivity contribution in [3.05, 3.63) is 75.6 Å². The third-order valence-electron chi connectivity index (χ3n) is 4.16. The van der Waals surface area contributed by atoms with Crippen molar-refractivity contribution in [2.45, 2.75) is 20.3 Å².